The number of amides is 3. The first kappa shape index (κ1) is 20.9. The van der Waals surface area contributed by atoms with E-state index in [1.54, 1.807) is 24.3 Å². The monoisotopic (exact) mass is 454 g/mol. The van der Waals surface area contributed by atoms with Gasteiger partial charge in [0.1, 0.15) is 12.3 Å². The van der Waals surface area contributed by atoms with Crippen LogP contribution < -0.4 is 10.1 Å². The molecule has 30 heavy (non-hydrogen) atoms. The number of rotatable bonds is 6. The van der Waals surface area contributed by atoms with Gasteiger partial charge in [-0.2, -0.15) is 0 Å². The van der Waals surface area contributed by atoms with Gasteiger partial charge in [-0.1, -0.05) is 12.1 Å². The number of para-hydroxylation sites is 2. The highest BCUT2D eigenvalue weighted by Crippen LogP contribution is 2.59. The normalized spacial score (nSPS) is 31.6. The molecule has 0 radical (unpaired) electrons. The van der Waals surface area contributed by atoms with Gasteiger partial charge in [-0.05, 0) is 30.4 Å². The minimum Gasteiger partial charge on any atom is -0.495 e. The maximum Gasteiger partial charge on any atom is 0.326 e. The van der Waals surface area contributed by atoms with Crippen LogP contribution in [0.3, 0.4) is 0 Å². The van der Waals surface area contributed by atoms with Crippen molar-refractivity contribution in [2.24, 2.45) is 23.7 Å². The van der Waals surface area contributed by atoms with Gasteiger partial charge in [-0.3, -0.25) is 24.1 Å². The molecule has 6 atom stereocenters. The smallest absolute Gasteiger partial charge is 0.326 e. The van der Waals surface area contributed by atoms with E-state index in [-0.39, 0.29) is 22.6 Å². The molecule has 0 aromatic heterocycles. The van der Waals surface area contributed by atoms with E-state index in [1.807, 2.05) is 0 Å². The maximum atomic E-state index is 12.7. The van der Waals surface area contributed by atoms with Crippen molar-refractivity contribution in [3.05, 3.63) is 24.3 Å². The van der Waals surface area contributed by atoms with Crippen LogP contribution in [0.2, 0.25) is 0 Å². The van der Waals surface area contributed by atoms with Crippen LogP contribution >= 0.6 is 23.2 Å². The Morgan fingerprint density at radius 2 is 1.70 bits per heavy atom. The number of halogens is 2. The zero-order valence-corrected chi connectivity index (χ0v) is 17.6. The fraction of sp³-hybridized carbons (Fsp3) is 0.500. The number of likely N-dealkylation sites (tertiary alicyclic amines) is 1. The lowest BCUT2D eigenvalue weighted by atomic mass is 9.80. The average molecular weight is 455 g/mol. The van der Waals surface area contributed by atoms with Gasteiger partial charge in [0.05, 0.1) is 35.4 Å². The van der Waals surface area contributed by atoms with E-state index in [1.165, 1.54) is 7.11 Å². The molecule has 1 saturated heterocycles. The number of esters is 1. The molecule has 10 heteroatoms. The Balaban J connectivity index is 1.32. The fourth-order valence-electron chi connectivity index (χ4n) is 4.82. The van der Waals surface area contributed by atoms with Crippen LogP contribution in [0.4, 0.5) is 5.69 Å². The molecular weight excluding hydrogens is 435 g/mol. The van der Waals surface area contributed by atoms with Crippen molar-refractivity contribution in [2.45, 2.75) is 17.2 Å². The third-order valence-electron chi connectivity index (χ3n) is 6.11. The van der Waals surface area contributed by atoms with Gasteiger partial charge in [-0.25, -0.2) is 0 Å². The van der Waals surface area contributed by atoms with Crippen molar-refractivity contribution in [2.75, 3.05) is 25.6 Å². The summed E-state index contributed by atoms with van der Waals surface area (Å²) in [6, 6.07) is 6.78. The molecule has 2 saturated carbocycles. The number of carbonyl (C=O) groups excluding carboxylic acids is 4. The number of anilines is 1. The number of hydrogen-bond acceptors (Lipinski definition) is 6. The van der Waals surface area contributed by atoms with Gasteiger partial charge in [0, 0.05) is 0 Å². The summed E-state index contributed by atoms with van der Waals surface area (Å²) >= 11 is 12.6. The average Bonchev–Trinajstić information content (AvgIpc) is 3.33. The molecule has 3 fully saturated rings. The summed E-state index contributed by atoms with van der Waals surface area (Å²) in [7, 11) is 1.47. The van der Waals surface area contributed by atoms with Crippen molar-refractivity contribution >= 4 is 52.6 Å². The standard InChI is InChI=1S/C20H20Cl2N2O6/c1-29-12-5-3-2-4-11(12)23-13(25)8-30-14(26)7-24-19(27)15-9-6-10(16(15)20(24)28)18(22)17(9)21/h2-5,9-10,15-18H,6-8H2,1H3,(H,23,25)/t9-,10-,15-,16-,17+,18+/m1/s1. The largest absolute Gasteiger partial charge is 0.495 e. The Morgan fingerprint density at radius 1 is 1.10 bits per heavy atom. The summed E-state index contributed by atoms with van der Waals surface area (Å²) < 4.78 is 10.1. The highest BCUT2D eigenvalue weighted by Gasteiger charge is 2.66. The lowest BCUT2D eigenvalue weighted by Gasteiger charge is -2.28. The second kappa shape index (κ2) is 8.07. The fourth-order valence-corrected chi connectivity index (χ4v) is 5.71. The highest BCUT2D eigenvalue weighted by molar-refractivity contribution is 6.31. The molecule has 1 aromatic rings. The van der Waals surface area contributed by atoms with Gasteiger partial charge in [-0.15, -0.1) is 23.2 Å². The minimum atomic E-state index is -0.843. The topological polar surface area (TPSA) is 102 Å². The molecule has 4 rings (SSSR count). The summed E-state index contributed by atoms with van der Waals surface area (Å²) in [6.07, 6.45) is 0.649. The number of carbonyl (C=O) groups is 4. The molecule has 1 N–H and O–H groups in total. The molecule has 3 amide bonds. The second-order valence-corrected chi connectivity index (χ2v) is 8.68. The molecule has 2 aliphatic carbocycles. The summed E-state index contributed by atoms with van der Waals surface area (Å²) in [4.78, 5) is 50.6. The van der Waals surface area contributed by atoms with Crippen LogP contribution in [0.5, 0.6) is 5.75 Å². The highest BCUT2D eigenvalue weighted by atomic mass is 35.5. The minimum absolute atomic E-state index is 0.159. The summed E-state index contributed by atoms with van der Waals surface area (Å²) in [5.74, 6) is -3.16. The predicted molar refractivity (Wildman–Crippen MR) is 107 cm³/mol. The first-order valence-corrected chi connectivity index (χ1v) is 10.4. The molecule has 1 aliphatic heterocycles. The van der Waals surface area contributed by atoms with Crippen LogP contribution in [0.25, 0.3) is 0 Å². The molecular formula is C20H20Cl2N2O6. The second-order valence-electron chi connectivity index (χ2n) is 7.68. The van der Waals surface area contributed by atoms with Crippen LogP contribution in [0.1, 0.15) is 6.42 Å². The van der Waals surface area contributed by atoms with E-state index in [0.717, 1.165) is 4.90 Å². The van der Waals surface area contributed by atoms with E-state index >= 15 is 0 Å². The molecule has 0 spiro atoms. The van der Waals surface area contributed by atoms with E-state index in [9.17, 15) is 19.2 Å². The zero-order chi connectivity index (χ0) is 21.6. The molecule has 1 aromatic carbocycles. The van der Waals surface area contributed by atoms with Gasteiger partial charge in [0.15, 0.2) is 6.61 Å². The Morgan fingerprint density at radius 3 is 2.30 bits per heavy atom. The summed E-state index contributed by atoms with van der Waals surface area (Å²) in [5, 5.41) is 1.85. The molecule has 2 bridgehead atoms. The zero-order valence-electron chi connectivity index (χ0n) is 16.0. The van der Waals surface area contributed by atoms with Gasteiger partial charge >= 0.3 is 5.97 Å². The Hall–Kier alpha value is -2.32. The van der Waals surface area contributed by atoms with Crippen molar-refractivity contribution in [3.63, 3.8) is 0 Å². The van der Waals surface area contributed by atoms with Crippen molar-refractivity contribution in [1.82, 2.24) is 4.90 Å². The third kappa shape index (κ3) is 3.41. The number of hydrogen-bond donors (Lipinski definition) is 1. The lowest BCUT2D eigenvalue weighted by Crippen LogP contribution is -2.38. The van der Waals surface area contributed by atoms with Crippen molar-refractivity contribution in [1.29, 1.82) is 0 Å². The van der Waals surface area contributed by atoms with Crippen LogP contribution in [0.15, 0.2) is 24.3 Å². The summed E-state index contributed by atoms with van der Waals surface area (Å²) in [5.41, 5.74) is 0.431. The van der Waals surface area contributed by atoms with E-state index in [0.29, 0.717) is 17.9 Å². The van der Waals surface area contributed by atoms with Gasteiger partial charge in [0.25, 0.3) is 5.91 Å². The number of nitrogens with zero attached hydrogens (tertiary/aromatic N) is 1. The number of imide groups is 1. The van der Waals surface area contributed by atoms with E-state index in [4.69, 9.17) is 32.7 Å². The SMILES string of the molecule is COc1ccccc1NC(=O)COC(=O)CN1C(=O)[C@@H]2[C@H]3C[C@@H]([C@H](Cl)[C@H]3Cl)[C@H]2C1=O. The van der Waals surface area contributed by atoms with Crippen LogP contribution in [0, 0.1) is 23.7 Å². The number of alkyl halides is 2. The molecule has 160 valence electrons. The molecule has 3 aliphatic rings. The predicted octanol–water partition coefficient (Wildman–Crippen LogP) is 1.64. The molecule has 1 heterocycles. The van der Waals surface area contributed by atoms with E-state index in [2.05, 4.69) is 5.32 Å². The van der Waals surface area contributed by atoms with E-state index < -0.39 is 48.7 Å². The first-order valence-electron chi connectivity index (χ1n) is 9.55. The summed E-state index contributed by atoms with van der Waals surface area (Å²) in [6.45, 7) is -1.09. The van der Waals surface area contributed by atoms with Gasteiger partial charge in [0.2, 0.25) is 11.8 Å². The number of methoxy groups -OCH3 is 1. The molecule has 0 unspecified atom stereocenters. The number of ether oxygens (including phenoxy) is 2. The first-order chi connectivity index (χ1) is 14.3. The van der Waals surface area contributed by atoms with Crippen molar-refractivity contribution < 1.29 is 28.7 Å². The lowest BCUT2D eigenvalue weighted by molar-refractivity contribution is -0.154. The number of fused-ring (bicyclic) bond motifs is 5. The number of benzene rings is 1. The van der Waals surface area contributed by atoms with Gasteiger partial charge < -0.3 is 14.8 Å². The van der Waals surface area contributed by atoms with Crippen LogP contribution in [-0.2, 0) is 23.9 Å². The Bertz CT molecular complexity index is 877. The third-order valence-corrected chi connectivity index (χ3v) is 7.43. The Kier molecular flexibility index (Phi) is 5.63. The number of nitrogens with one attached hydrogen (secondary N) is 1. The maximum absolute atomic E-state index is 12.7. The van der Waals surface area contributed by atoms with Crippen molar-refractivity contribution in [3.8, 4) is 5.75 Å². The Labute approximate surface area is 182 Å². The van der Waals surface area contributed by atoms with Crippen LogP contribution in [-0.4, -0.2) is 59.6 Å². The molecule has 8 nitrogen and oxygen atoms in total. The quantitative estimate of drug-likeness (QED) is 0.398.